The number of hydrogen-bond donors (Lipinski definition) is 2. The number of unbranched alkanes of at least 4 members (excludes halogenated alkanes) is 1. The first-order valence-electron chi connectivity index (χ1n) is 5.86. The molecule has 2 aromatic heterocycles. The molecule has 5 nitrogen and oxygen atoms in total. The van der Waals surface area contributed by atoms with Gasteiger partial charge in [-0.05, 0) is 18.9 Å². The molecule has 0 aliphatic carbocycles. The van der Waals surface area contributed by atoms with E-state index in [-0.39, 0.29) is 0 Å². The fraction of sp³-hybridized carbons (Fsp3) is 0.333. The second kappa shape index (κ2) is 6.26. The van der Waals surface area contributed by atoms with Gasteiger partial charge in [0.2, 0.25) is 0 Å². The number of nitrogens with two attached hydrogens (primary N) is 1. The van der Waals surface area contributed by atoms with Gasteiger partial charge in [-0.1, -0.05) is 11.6 Å². The maximum Gasteiger partial charge on any atom is 0.149 e. The van der Waals surface area contributed by atoms with Gasteiger partial charge in [0.25, 0.3) is 0 Å². The molecule has 2 heterocycles. The molecule has 0 saturated carbocycles. The molecule has 0 radical (unpaired) electrons. The third kappa shape index (κ3) is 3.63. The van der Waals surface area contributed by atoms with Crippen LogP contribution in [0.15, 0.2) is 31.0 Å². The van der Waals surface area contributed by atoms with Crippen LogP contribution in [0, 0.1) is 0 Å². The molecular weight excluding hydrogens is 250 g/mol. The van der Waals surface area contributed by atoms with Crippen molar-refractivity contribution in [1.82, 2.24) is 14.5 Å². The minimum Gasteiger partial charge on any atom is -0.396 e. The van der Waals surface area contributed by atoms with Crippen molar-refractivity contribution < 1.29 is 0 Å². The van der Waals surface area contributed by atoms with Crippen LogP contribution in [-0.4, -0.2) is 21.1 Å². The predicted molar refractivity (Wildman–Crippen MR) is 73.6 cm³/mol. The smallest absolute Gasteiger partial charge is 0.149 e. The van der Waals surface area contributed by atoms with E-state index in [0.29, 0.717) is 16.5 Å². The van der Waals surface area contributed by atoms with Gasteiger partial charge in [-0.15, -0.1) is 0 Å². The Bertz CT molecular complexity index is 483. The van der Waals surface area contributed by atoms with Crippen molar-refractivity contribution in [1.29, 1.82) is 0 Å². The summed E-state index contributed by atoms with van der Waals surface area (Å²) in [6.07, 6.45) is 9.29. The predicted octanol–water partition coefficient (Wildman–Crippen LogP) is 2.41. The van der Waals surface area contributed by atoms with Gasteiger partial charge >= 0.3 is 0 Å². The Morgan fingerprint density at radius 3 is 3.00 bits per heavy atom. The van der Waals surface area contributed by atoms with E-state index in [4.69, 9.17) is 17.3 Å². The van der Waals surface area contributed by atoms with Crippen molar-refractivity contribution >= 4 is 23.1 Å². The number of aromatic nitrogens is 3. The topological polar surface area (TPSA) is 68.8 Å². The number of imidazole rings is 1. The molecule has 0 amide bonds. The first-order valence-corrected chi connectivity index (χ1v) is 6.24. The highest BCUT2D eigenvalue weighted by atomic mass is 35.5. The summed E-state index contributed by atoms with van der Waals surface area (Å²) < 4.78 is 2.06. The number of nitrogen functional groups attached to an aromatic ring is 1. The first-order chi connectivity index (χ1) is 8.75. The van der Waals surface area contributed by atoms with Crippen LogP contribution in [0.1, 0.15) is 12.8 Å². The lowest BCUT2D eigenvalue weighted by molar-refractivity contribution is 0.621. The lowest BCUT2D eigenvalue weighted by Crippen LogP contribution is -2.07. The number of nitrogens with zero attached hydrogens (tertiary/aromatic N) is 3. The molecule has 18 heavy (non-hydrogen) atoms. The zero-order valence-electron chi connectivity index (χ0n) is 10.0. The van der Waals surface area contributed by atoms with Crippen molar-refractivity contribution in [3.8, 4) is 0 Å². The molecule has 0 fully saturated rings. The van der Waals surface area contributed by atoms with Gasteiger partial charge in [0.05, 0.1) is 17.0 Å². The molecule has 0 unspecified atom stereocenters. The second-order valence-corrected chi connectivity index (χ2v) is 4.46. The first kappa shape index (κ1) is 12.7. The number of rotatable bonds is 6. The summed E-state index contributed by atoms with van der Waals surface area (Å²) in [5.41, 5.74) is 6.37. The molecule has 0 aliphatic heterocycles. The van der Waals surface area contributed by atoms with E-state index in [0.717, 1.165) is 25.9 Å². The molecule has 6 heteroatoms. The molecule has 0 spiro atoms. The lowest BCUT2D eigenvalue weighted by atomic mass is 10.3. The van der Waals surface area contributed by atoms with Crippen molar-refractivity contribution in [2.24, 2.45) is 0 Å². The van der Waals surface area contributed by atoms with Crippen molar-refractivity contribution in [2.45, 2.75) is 19.4 Å². The quantitative estimate of drug-likeness (QED) is 0.787. The summed E-state index contributed by atoms with van der Waals surface area (Å²) in [6.45, 7) is 1.82. The van der Waals surface area contributed by atoms with Gasteiger partial charge in [0, 0.05) is 31.7 Å². The molecule has 96 valence electrons. The maximum absolute atomic E-state index is 5.79. The van der Waals surface area contributed by atoms with Gasteiger partial charge in [-0.3, -0.25) is 0 Å². The van der Waals surface area contributed by atoms with E-state index >= 15 is 0 Å². The Balaban J connectivity index is 1.69. The second-order valence-electron chi connectivity index (χ2n) is 4.03. The van der Waals surface area contributed by atoms with E-state index in [1.807, 2.05) is 12.5 Å². The van der Waals surface area contributed by atoms with Gasteiger partial charge in [0.1, 0.15) is 5.82 Å². The highest BCUT2D eigenvalue weighted by Gasteiger charge is 2.00. The standard InChI is InChI=1S/C12H16ClN5/c13-10-7-11(14)12(17-8-10)16-3-1-2-5-18-6-4-15-9-18/h4,6-9H,1-3,5,14H2,(H,16,17). The minimum absolute atomic E-state index is 0.554. The summed E-state index contributed by atoms with van der Waals surface area (Å²) in [5, 5.41) is 3.75. The van der Waals surface area contributed by atoms with Gasteiger partial charge in [0.15, 0.2) is 0 Å². The molecule has 2 rings (SSSR count). The summed E-state index contributed by atoms with van der Waals surface area (Å²) >= 11 is 5.78. The number of halogens is 1. The SMILES string of the molecule is Nc1cc(Cl)cnc1NCCCCn1ccnc1. The van der Waals surface area contributed by atoms with Crippen LogP contribution < -0.4 is 11.1 Å². The maximum atomic E-state index is 5.79. The van der Waals surface area contributed by atoms with Crippen LogP contribution in [-0.2, 0) is 6.54 Å². The number of anilines is 2. The number of aryl methyl sites for hydroxylation is 1. The van der Waals surface area contributed by atoms with E-state index in [9.17, 15) is 0 Å². The largest absolute Gasteiger partial charge is 0.396 e. The summed E-state index contributed by atoms with van der Waals surface area (Å²) in [4.78, 5) is 8.14. The monoisotopic (exact) mass is 265 g/mol. The molecule has 0 saturated heterocycles. The van der Waals surface area contributed by atoms with Crippen LogP contribution in [0.25, 0.3) is 0 Å². The molecule has 0 bridgehead atoms. The van der Waals surface area contributed by atoms with Gasteiger partial charge in [-0.25, -0.2) is 9.97 Å². The third-order valence-electron chi connectivity index (χ3n) is 2.58. The summed E-state index contributed by atoms with van der Waals surface area (Å²) in [7, 11) is 0. The normalized spacial score (nSPS) is 10.5. The Hall–Kier alpha value is -1.75. The third-order valence-corrected chi connectivity index (χ3v) is 2.79. The molecule has 0 atom stereocenters. The Labute approximate surface area is 111 Å². The highest BCUT2D eigenvalue weighted by molar-refractivity contribution is 6.30. The van der Waals surface area contributed by atoms with Crippen LogP contribution >= 0.6 is 11.6 Å². The van der Waals surface area contributed by atoms with Crippen LogP contribution in [0.2, 0.25) is 5.02 Å². The average Bonchev–Trinajstić information content (AvgIpc) is 2.84. The van der Waals surface area contributed by atoms with Crippen LogP contribution in [0.3, 0.4) is 0 Å². The Kier molecular flexibility index (Phi) is 4.41. The summed E-state index contributed by atoms with van der Waals surface area (Å²) in [6, 6.07) is 1.70. The lowest BCUT2D eigenvalue weighted by Gasteiger charge is -2.08. The molecule has 0 aliphatic rings. The number of hydrogen-bond acceptors (Lipinski definition) is 4. The molecule has 0 aromatic carbocycles. The fourth-order valence-electron chi connectivity index (χ4n) is 1.65. The van der Waals surface area contributed by atoms with E-state index in [1.165, 1.54) is 0 Å². The number of nitrogens with one attached hydrogen (secondary N) is 1. The van der Waals surface area contributed by atoms with E-state index in [2.05, 4.69) is 19.9 Å². The van der Waals surface area contributed by atoms with E-state index < -0.39 is 0 Å². The van der Waals surface area contributed by atoms with Gasteiger partial charge in [-0.2, -0.15) is 0 Å². The van der Waals surface area contributed by atoms with E-state index in [1.54, 1.807) is 18.5 Å². The van der Waals surface area contributed by atoms with Gasteiger partial charge < -0.3 is 15.6 Å². The molecule has 2 aromatic rings. The molecular formula is C12H16ClN5. The fourth-order valence-corrected chi connectivity index (χ4v) is 1.81. The Morgan fingerprint density at radius 1 is 1.39 bits per heavy atom. The Morgan fingerprint density at radius 2 is 2.28 bits per heavy atom. The minimum atomic E-state index is 0.554. The molecule has 3 N–H and O–H groups in total. The zero-order chi connectivity index (χ0) is 12.8. The van der Waals surface area contributed by atoms with Crippen LogP contribution in [0.5, 0.6) is 0 Å². The zero-order valence-corrected chi connectivity index (χ0v) is 10.8. The van der Waals surface area contributed by atoms with Crippen LogP contribution in [0.4, 0.5) is 11.5 Å². The number of pyridine rings is 1. The highest BCUT2D eigenvalue weighted by Crippen LogP contribution is 2.19. The van der Waals surface area contributed by atoms with Crippen molar-refractivity contribution in [3.63, 3.8) is 0 Å². The van der Waals surface area contributed by atoms with Crippen molar-refractivity contribution in [2.75, 3.05) is 17.6 Å². The van der Waals surface area contributed by atoms with Crippen molar-refractivity contribution in [3.05, 3.63) is 36.0 Å². The average molecular weight is 266 g/mol. The summed E-state index contributed by atoms with van der Waals surface area (Å²) in [5.74, 6) is 0.696.